The fourth-order valence-electron chi connectivity index (χ4n) is 3.29. The van der Waals surface area contributed by atoms with Crippen molar-refractivity contribution in [3.8, 4) is 0 Å². The maximum absolute atomic E-state index is 12.9. The van der Waals surface area contributed by atoms with Crippen LogP contribution in [0.3, 0.4) is 0 Å². The fourth-order valence-corrected chi connectivity index (χ4v) is 4.63. The number of hydrogen-bond acceptors (Lipinski definition) is 6. The van der Waals surface area contributed by atoms with Crippen molar-refractivity contribution in [1.82, 2.24) is 20.0 Å². The lowest BCUT2D eigenvalue weighted by molar-refractivity contribution is -0.121. The molecule has 0 spiro atoms. The standard InChI is InChI=1S/C19H19N5O2S/c1-12-5-6-14-15(8-12)27-18-17(14)19(26)24(11-21-18)10-16(25)23-22-9-13-4-2-3-7-20-13/h2-4,7,9,11-12H,5-6,8,10H2,1H3,(H,23,25)/b22-9-/t12-/m1/s1. The first kappa shape index (κ1) is 17.5. The van der Waals surface area contributed by atoms with Crippen LogP contribution < -0.4 is 11.0 Å². The number of pyridine rings is 1. The molecule has 0 aliphatic heterocycles. The number of nitrogens with one attached hydrogen (secondary N) is 1. The van der Waals surface area contributed by atoms with Crippen molar-refractivity contribution in [3.05, 3.63) is 57.2 Å². The lowest BCUT2D eigenvalue weighted by atomic mass is 9.89. The third kappa shape index (κ3) is 3.66. The monoisotopic (exact) mass is 381 g/mol. The number of carbonyl (C=O) groups excluding carboxylic acids is 1. The topological polar surface area (TPSA) is 89.2 Å². The molecular formula is C19H19N5O2S. The highest BCUT2D eigenvalue weighted by Gasteiger charge is 2.23. The molecule has 27 heavy (non-hydrogen) atoms. The van der Waals surface area contributed by atoms with Crippen LogP contribution in [0.1, 0.15) is 29.5 Å². The summed E-state index contributed by atoms with van der Waals surface area (Å²) in [6.07, 6.45) is 7.52. The molecule has 0 fully saturated rings. The van der Waals surface area contributed by atoms with Gasteiger partial charge in [-0.2, -0.15) is 5.10 Å². The molecule has 0 aromatic carbocycles. The van der Waals surface area contributed by atoms with Gasteiger partial charge in [-0.25, -0.2) is 10.4 Å². The third-order valence-corrected chi connectivity index (χ3v) is 5.83. The van der Waals surface area contributed by atoms with Gasteiger partial charge in [0.25, 0.3) is 11.5 Å². The van der Waals surface area contributed by atoms with E-state index in [2.05, 4.69) is 27.4 Å². The molecule has 0 bridgehead atoms. The van der Waals surface area contributed by atoms with Crippen LogP contribution in [-0.4, -0.2) is 26.7 Å². The van der Waals surface area contributed by atoms with Crippen LogP contribution in [0.2, 0.25) is 0 Å². The Morgan fingerprint density at radius 2 is 2.33 bits per heavy atom. The summed E-state index contributed by atoms with van der Waals surface area (Å²) in [6.45, 7) is 2.11. The average molecular weight is 381 g/mol. The van der Waals surface area contributed by atoms with Gasteiger partial charge in [-0.05, 0) is 42.9 Å². The van der Waals surface area contributed by atoms with Crippen molar-refractivity contribution in [2.75, 3.05) is 0 Å². The highest BCUT2D eigenvalue weighted by molar-refractivity contribution is 7.18. The van der Waals surface area contributed by atoms with Gasteiger partial charge in [0.05, 0.1) is 23.6 Å². The summed E-state index contributed by atoms with van der Waals surface area (Å²) in [5.74, 6) is 0.249. The number of rotatable bonds is 4. The molecule has 8 heteroatoms. The first-order valence-electron chi connectivity index (χ1n) is 8.84. The zero-order valence-electron chi connectivity index (χ0n) is 14.9. The van der Waals surface area contributed by atoms with Crippen molar-refractivity contribution in [1.29, 1.82) is 0 Å². The molecule has 4 rings (SSSR count). The Morgan fingerprint density at radius 3 is 3.15 bits per heavy atom. The Labute approximate surface area is 159 Å². The molecule has 1 N–H and O–H groups in total. The van der Waals surface area contributed by atoms with Gasteiger partial charge in [0.1, 0.15) is 11.4 Å². The second kappa shape index (κ2) is 7.40. The molecule has 1 atom stereocenters. The molecular weight excluding hydrogens is 362 g/mol. The Balaban J connectivity index is 1.52. The average Bonchev–Trinajstić information content (AvgIpc) is 3.03. The molecule has 1 amide bonds. The first-order valence-corrected chi connectivity index (χ1v) is 9.66. The number of nitrogens with zero attached hydrogens (tertiary/aromatic N) is 4. The number of fused-ring (bicyclic) bond motifs is 3. The molecule has 1 aliphatic carbocycles. The van der Waals surface area contributed by atoms with Gasteiger partial charge < -0.3 is 0 Å². The van der Waals surface area contributed by atoms with E-state index in [1.165, 1.54) is 22.0 Å². The number of aromatic nitrogens is 3. The van der Waals surface area contributed by atoms with Crippen LogP contribution in [-0.2, 0) is 24.2 Å². The van der Waals surface area contributed by atoms with Crippen molar-refractivity contribution >= 4 is 33.7 Å². The molecule has 138 valence electrons. The minimum atomic E-state index is -0.386. The minimum Gasteiger partial charge on any atom is -0.289 e. The van der Waals surface area contributed by atoms with E-state index < -0.39 is 0 Å². The van der Waals surface area contributed by atoms with Crippen LogP contribution in [0, 0.1) is 5.92 Å². The van der Waals surface area contributed by atoms with Gasteiger partial charge in [-0.3, -0.25) is 19.1 Å². The van der Waals surface area contributed by atoms with Crippen molar-refractivity contribution in [2.45, 2.75) is 32.7 Å². The molecule has 0 saturated carbocycles. The number of hydrogen-bond donors (Lipinski definition) is 1. The molecule has 0 radical (unpaired) electrons. The third-order valence-electron chi connectivity index (χ3n) is 4.67. The SMILES string of the molecule is C[C@@H]1CCc2c(sc3ncn(CC(=O)N/N=C\c4ccccn4)c(=O)c23)C1. The zero-order chi connectivity index (χ0) is 18.8. The summed E-state index contributed by atoms with van der Waals surface area (Å²) in [7, 11) is 0. The lowest BCUT2D eigenvalue weighted by Crippen LogP contribution is -2.30. The quantitative estimate of drug-likeness (QED) is 0.554. The Hall–Kier alpha value is -2.87. The van der Waals surface area contributed by atoms with E-state index in [-0.39, 0.29) is 18.0 Å². The maximum atomic E-state index is 12.9. The van der Waals surface area contributed by atoms with Gasteiger partial charge in [-0.15, -0.1) is 11.3 Å². The molecule has 3 aromatic rings. The summed E-state index contributed by atoms with van der Waals surface area (Å²) in [5, 5.41) is 4.55. The van der Waals surface area contributed by atoms with Crippen LogP contribution in [0.25, 0.3) is 10.2 Å². The Morgan fingerprint density at radius 1 is 1.44 bits per heavy atom. The zero-order valence-corrected chi connectivity index (χ0v) is 15.7. The number of carbonyl (C=O) groups is 1. The molecule has 7 nitrogen and oxygen atoms in total. The van der Waals surface area contributed by atoms with Crippen molar-refractivity contribution < 1.29 is 4.79 Å². The predicted molar refractivity (Wildman–Crippen MR) is 105 cm³/mol. The van der Waals surface area contributed by atoms with E-state index >= 15 is 0 Å². The summed E-state index contributed by atoms with van der Waals surface area (Å²) in [4.78, 5) is 35.5. The maximum Gasteiger partial charge on any atom is 0.262 e. The molecule has 0 saturated heterocycles. The van der Waals surface area contributed by atoms with E-state index in [4.69, 9.17) is 0 Å². The predicted octanol–water partition coefficient (Wildman–Crippen LogP) is 2.13. The summed E-state index contributed by atoms with van der Waals surface area (Å²) in [5.41, 5.74) is 4.02. The van der Waals surface area contributed by atoms with E-state index in [9.17, 15) is 9.59 Å². The van der Waals surface area contributed by atoms with Crippen LogP contribution >= 0.6 is 11.3 Å². The highest BCUT2D eigenvalue weighted by Crippen LogP contribution is 2.35. The van der Waals surface area contributed by atoms with Gasteiger partial charge in [0.15, 0.2) is 0 Å². The second-order valence-electron chi connectivity index (χ2n) is 6.76. The van der Waals surface area contributed by atoms with Gasteiger partial charge in [0, 0.05) is 11.1 Å². The number of hydrazone groups is 1. The minimum absolute atomic E-state index is 0.123. The highest BCUT2D eigenvalue weighted by atomic mass is 32.1. The summed E-state index contributed by atoms with van der Waals surface area (Å²) >= 11 is 1.60. The largest absolute Gasteiger partial charge is 0.289 e. The Kier molecular flexibility index (Phi) is 4.81. The summed E-state index contributed by atoms with van der Waals surface area (Å²) in [6, 6.07) is 5.41. The summed E-state index contributed by atoms with van der Waals surface area (Å²) < 4.78 is 1.35. The van der Waals surface area contributed by atoms with Crippen LogP contribution in [0.4, 0.5) is 0 Å². The van der Waals surface area contributed by atoms with Gasteiger partial charge in [0.2, 0.25) is 0 Å². The van der Waals surface area contributed by atoms with Crippen molar-refractivity contribution in [3.63, 3.8) is 0 Å². The first-order chi connectivity index (χ1) is 13.1. The number of amides is 1. The van der Waals surface area contributed by atoms with E-state index in [1.54, 1.807) is 29.7 Å². The van der Waals surface area contributed by atoms with Crippen LogP contribution in [0.15, 0.2) is 40.6 Å². The molecule has 3 heterocycles. The lowest BCUT2D eigenvalue weighted by Gasteiger charge is -2.17. The smallest absolute Gasteiger partial charge is 0.262 e. The molecule has 3 aromatic heterocycles. The van der Waals surface area contributed by atoms with Crippen LogP contribution in [0.5, 0.6) is 0 Å². The second-order valence-corrected chi connectivity index (χ2v) is 7.84. The van der Waals surface area contributed by atoms with E-state index in [1.807, 2.05) is 6.07 Å². The number of thiophene rings is 1. The molecule has 0 unspecified atom stereocenters. The Bertz CT molecular complexity index is 1070. The molecule has 1 aliphatic rings. The number of aryl methyl sites for hydroxylation is 1. The van der Waals surface area contributed by atoms with Crippen molar-refractivity contribution in [2.24, 2.45) is 11.0 Å². The van der Waals surface area contributed by atoms with Gasteiger partial charge >= 0.3 is 0 Å². The normalized spacial score (nSPS) is 16.6. The fraction of sp³-hybridized carbons (Fsp3) is 0.316. The van der Waals surface area contributed by atoms with E-state index in [0.717, 1.165) is 29.7 Å². The van der Waals surface area contributed by atoms with E-state index in [0.29, 0.717) is 17.0 Å². The van der Waals surface area contributed by atoms with Gasteiger partial charge in [-0.1, -0.05) is 13.0 Å².